The third kappa shape index (κ3) is 4.58. The summed E-state index contributed by atoms with van der Waals surface area (Å²) in [5.41, 5.74) is 13.8. The van der Waals surface area contributed by atoms with E-state index in [9.17, 15) is 0 Å². The van der Waals surface area contributed by atoms with E-state index in [4.69, 9.17) is 11.5 Å². The first-order valence-electron chi connectivity index (χ1n) is 4.80. The van der Waals surface area contributed by atoms with Gasteiger partial charge in [-0.3, -0.25) is 0 Å². The van der Waals surface area contributed by atoms with E-state index < -0.39 is 0 Å². The van der Waals surface area contributed by atoms with Gasteiger partial charge in [-0.2, -0.15) is 0 Å². The average Bonchev–Trinajstić information content (AvgIpc) is 2.17. The van der Waals surface area contributed by atoms with E-state index >= 15 is 0 Å². The molecule has 96 valence electrons. The number of hydrogen-bond donors (Lipinski definition) is 4. The maximum Gasteiger partial charge on any atom is 0.0607 e. The second-order valence-corrected chi connectivity index (χ2v) is 3.30. The van der Waals surface area contributed by atoms with Gasteiger partial charge in [0.25, 0.3) is 0 Å². The molecule has 0 radical (unpaired) electrons. The molecule has 0 fully saturated rings. The number of nitrogens with two attached hydrogens (primary N) is 2. The lowest BCUT2D eigenvalue weighted by molar-refractivity contribution is 0.959. The highest BCUT2D eigenvalue weighted by Gasteiger charge is 2.06. The zero-order valence-electron chi connectivity index (χ0n) is 10.2. The molecule has 0 saturated heterocycles. The van der Waals surface area contributed by atoms with Gasteiger partial charge in [-0.15, -0.1) is 13.2 Å². The summed E-state index contributed by atoms with van der Waals surface area (Å²) in [6, 6.07) is 5.51. The molecule has 10 N–H and O–H groups in total. The number of anilines is 3. The fourth-order valence-corrected chi connectivity index (χ4v) is 1.44. The Labute approximate surface area is 103 Å². The molecule has 5 nitrogen and oxygen atoms in total. The van der Waals surface area contributed by atoms with Crippen molar-refractivity contribution in [3.63, 3.8) is 0 Å². The van der Waals surface area contributed by atoms with Crippen LogP contribution >= 0.6 is 0 Å². The van der Waals surface area contributed by atoms with Crippen LogP contribution in [0.25, 0.3) is 0 Å². The monoisotopic (exact) mass is 237 g/mol. The van der Waals surface area contributed by atoms with Crippen LogP contribution in [0, 0.1) is 0 Å². The van der Waals surface area contributed by atoms with Crippen molar-refractivity contribution >= 4 is 17.1 Å². The second-order valence-electron chi connectivity index (χ2n) is 3.30. The molecule has 0 spiro atoms. The van der Waals surface area contributed by atoms with Crippen LogP contribution < -0.4 is 28.7 Å². The van der Waals surface area contributed by atoms with E-state index in [0.29, 0.717) is 11.4 Å². The highest BCUT2D eigenvalue weighted by Crippen LogP contribution is 2.25. The Hall–Kier alpha value is -1.98. The van der Waals surface area contributed by atoms with Crippen molar-refractivity contribution in [3.8, 4) is 0 Å². The third-order valence-corrected chi connectivity index (χ3v) is 2.09. The molecule has 0 bridgehead atoms. The fraction of sp³-hybridized carbons (Fsp3) is 0.167. The molecule has 1 aromatic rings. The molecule has 0 aliphatic heterocycles. The standard InChI is InChI=1S/C12H17N3.2H3N/c1-3-7-15(8-4-2)12-6-5-10(13)9-11(12)14;;/h3-6,9H,1-2,7-8,13-14H2;2*1H3. The Morgan fingerprint density at radius 3 is 2.00 bits per heavy atom. The maximum atomic E-state index is 5.89. The molecule has 0 saturated carbocycles. The van der Waals surface area contributed by atoms with Gasteiger partial charge in [0.05, 0.1) is 11.4 Å². The molecule has 0 unspecified atom stereocenters. The summed E-state index contributed by atoms with van der Waals surface area (Å²) in [5.74, 6) is 0. The Balaban J connectivity index is 0. The van der Waals surface area contributed by atoms with Gasteiger partial charge in [-0.25, -0.2) is 0 Å². The van der Waals surface area contributed by atoms with Crippen molar-refractivity contribution in [2.24, 2.45) is 0 Å². The lowest BCUT2D eigenvalue weighted by atomic mass is 10.2. The van der Waals surface area contributed by atoms with Gasteiger partial charge in [0, 0.05) is 18.8 Å². The molecule has 5 heteroatoms. The highest BCUT2D eigenvalue weighted by atomic mass is 15.1. The molecule has 0 amide bonds. The zero-order valence-corrected chi connectivity index (χ0v) is 10.2. The zero-order chi connectivity index (χ0) is 11.3. The van der Waals surface area contributed by atoms with Crippen molar-refractivity contribution in [2.75, 3.05) is 29.5 Å². The first-order valence-corrected chi connectivity index (χ1v) is 4.80. The third-order valence-electron chi connectivity index (χ3n) is 2.09. The molecule has 0 atom stereocenters. The number of nitrogen functional groups attached to an aromatic ring is 2. The van der Waals surface area contributed by atoms with Crippen LogP contribution in [-0.2, 0) is 0 Å². The summed E-state index contributed by atoms with van der Waals surface area (Å²) in [5, 5.41) is 0. The van der Waals surface area contributed by atoms with Crippen molar-refractivity contribution in [1.82, 2.24) is 12.3 Å². The molecule has 17 heavy (non-hydrogen) atoms. The Bertz CT molecular complexity index is 352. The summed E-state index contributed by atoms with van der Waals surface area (Å²) in [6.07, 6.45) is 3.67. The van der Waals surface area contributed by atoms with Crippen molar-refractivity contribution in [3.05, 3.63) is 43.5 Å². The summed E-state index contributed by atoms with van der Waals surface area (Å²) in [6.45, 7) is 8.90. The minimum Gasteiger partial charge on any atom is -0.399 e. The summed E-state index contributed by atoms with van der Waals surface area (Å²) in [7, 11) is 0. The number of nitrogens with zero attached hydrogens (tertiary/aromatic N) is 1. The molecule has 0 aromatic heterocycles. The van der Waals surface area contributed by atoms with E-state index in [2.05, 4.69) is 18.1 Å². The predicted octanol–water partition coefficient (Wildman–Crippen LogP) is 2.35. The quantitative estimate of drug-likeness (QED) is 0.462. The van der Waals surface area contributed by atoms with Crippen molar-refractivity contribution in [2.45, 2.75) is 0 Å². The van der Waals surface area contributed by atoms with Gasteiger partial charge in [0.2, 0.25) is 0 Å². The second kappa shape index (κ2) is 8.20. The average molecular weight is 237 g/mol. The van der Waals surface area contributed by atoms with Crippen LogP contribution in [0.1, 0.15) is 0 Å². The van der Waals surface area contributed by atoms with E-state index in [1.54, 1.807) is 6.07 Å². The Kier molecular flexibility index (Phi) is 8.41. The van der Waals surface area contributed by atoms with Gasteiger partial charge >= 0.3 is 0 Å². The molecule has 0 aliphatic carbocycles. The maximum absolute atomic E-state index is 5.89. The number of rotatable bonds is 5. The van der Waals surface area contributed by atoms with Gasteiger partial charge in [0.1, 0.15) is 0 Å². The van der Waals surface area contributed by atoms with Crippen LogP contribution in [0.3, 0.4) is 0 Å². The lowest BCUT2D eigenvalue weighted by Crippen LogP contribution is -2.24. The molecular weight excluding hydrogens is 214 g/mol. The topological polar surface area (TPSA) is 125 Å². The largest absolute Gasteiger partial charge is 0.399 e. The summed E-state index contributed by atoms with van der Waals surface area (Å²) in [4.78, 5) is 2.08. The van der Waals surface area contributed by atoms with Crippen molar-refractivity contribution < 1.29 is 0 Å². The van der Waals surface area contributed by atoms with E-state index in [1.807, 2.05) is 24.3 Å². The normalized spacial score (nSPS) is 8.47. The first-order chi connectivity index (χ1) is 7.19. The highest BCUT2D eigenvalue weighted by molar-refractivity contribution is 5.72. The van der Waals surface area contributed by atoms with Gasteiger partial charge in [-0.05, 0) is 18.2 Å². The minimum atomic E-state index is 0. The lowest BCUT2D eigenvalue weighted by Gasteiger charge is -2.23. The van der Waals surface area contributed by atoms with E-state index in [-0.39, 0.29) is 12.3 Å². The predicted molar refractivity (Wildman–Crippen MR) is 77.9 cm³/mol. The summed E-state index contributed by atoms with van der Waals surface area (Å²) >= 11 is 0. The molecule has 1 rings (SSSR count). The van der Waals surface area contributed by atoms with Crippen LogP contribution in [0.4, 0.5) is 17.1 Å². The van der Waals surface area contributed by atoms with Crippen LogP contribution in [0.5, 0.6) is 0 Å². The molecule has 0 aliphatic rings. The molecular formula is C12H23N5. The Morgan fingerprint density at radius 1 is 1.06 bits per heavy atom. The van der Waals surface area contributed by atoms with Crippen LogP contribution in [0.15, 0.2) is 43.5 Å². The number of hydrogen-bond acceptors (Lipinski definition) is 5. The first kappa shape index (κ1) is 17.4. The molecule has 1 aromatic carbocycles. The van der Waals surface area contributed by atoms with Gasteiger partial charge in [-0.1, -0.05) is 12.2 Å². The van der Waals surface area contributed by atoms with Gasteiger partial charge in [0.15, 0.2) is 0 Å². The van der Waals surface area contributed by atoms with Crippen LogP contribution in [-0.4, -0.2) is 13.1 Å². The van der Waals surface area contributed by atoms with Crippen LogP contribution in [0.2, 0.25) is 0 Å². The summed E-state index contributed by atoms with van der Waals surface area (Å²) < 4.78 is 0. The van der Waals surface area contributed by atoms with Gasteiger partial charge < -0.3 is 28.7 Å². The minimum absolute atomic E-state index is 0. The fourth-order valence-electron chi connectivity index (χ4n) is 1.44. The number of benzene rings is 1. The Morgan fingerprint density at radius 2 is 1.59 bits per heavy atom. The molecule has 0 heterocycles. The van der Waals surface area contributed by atoms with Crippen molar-refractivity contribution in [1.29, 1.82) is 0 Å². The smallest absolute Gasteiger partial charge is 0.0607 e. The van der Waals surface area contributed by atoms with E-state index in [1.165, 1.54) is 0 Å². The van der Waals surface area contributed by atoms with E-state index in [0.717, 1.165) is 18.8 Å². The SMILES string of the molecule is C=CCN(CC=C)c1ccc(N)cc1N.N.N.